The van der Waals surface area contributed by atoms with Crippen molar-refractivity contribution in [3.8, 4) is 0 Å². The van der Waals surface area contributed by atoms with E-state index in [-0.39, 0.29) is 0 Å². The molecule has 3 aliphatic rings. The number of nitrogens with one attached hydrogen (secondary N) is 1. The molecule has 0 amide bonds. The van der Waals surface area contributed by atoms with E-state index in [0.717, 1.165) is 23.3 Å². The van der Waals surface area contributed by atoms with Crippen LogP contribution in [0.25, 0.3) is 0 Å². The lowest BCUT2D eigenvalue weighted by Crippen LogP contribution is -2.34. The standard InChI is InChI=1S/C14H25N/c1-2-3-6-14(10-15-13-4-5-13)8-11-7-12(11)9-14/h11-13,15H,2-10H2,1H3. The topological polar surface area (TPSA) is 12.0 Å². The van der Waals surface area contributed by atoms with Crippen LogP contribution in [0, 0.1) is 17.3 Å². The molecule has 0 spiro atoms. The van der Waals surface area contributed by atoms with Gasteiger partial charge in [-0.05, 0) is 55.8 Å². The highest BCUT2D eigenvalue weighted by molar-refractivity contribution is 5.04. The summed E-state index contributed by atoms with van der Waals surface area (Å²) in [4.78, 5) is 0. The molecule has 1 nitrogen and oxygen atoms in total. The third kappa shape index (κ3) is 2.22. The maximum Gasteiger partial charge on any atom is 0.00684 e. The van der Waals surface area contributed by atoms with Crippen molar-refractivity contribution in [3.05, 3.63) is 0 Å². The average Bonchev–Trinajstić information content (AvgIpc) is 3.14. The van der Waals surface area contributed by atoms with Crippen LogP contribution in [0.15, 0.2) is 0 Å². The summed E-state index contributed by atoms with van der Waals surface area (Å²) in [5, 5.41) is 3.79. The van der Waals surface area contributed by atoms with Gasteiger partial charge in [-0.25, -0.2) is 0 Å². The minimum absolute atomic E-state index is 0.728. The first-order valence-corrected chi connectivity index (χ1v) is 7.05. The Morgan fingerprint density at radius 3 is 2.53 bits per heavy atom. The quantitative estimate of drug-likeness (QED) is 0.704. The van der Waals surface area contributed by atoms with Crippen LogP contribution in [0.4, 0.5) is 0 Å². The van der Waals surface area contributed by atoms with E-state index < -0.39 is 0 Å². The van der Waals surface area contributed by atoms with Crippen LogP contribution >= 0.6 is 0 Å². The van der Waals surface area contributed by atoms with Gasteiger partial charge in [0, 0.05) is 12.6 Å². The molecule has 0 aromatic carbocycles. The minimum Gasteiger partial charge on any atom is -0.313 e. The van der Waals surface area contributed by atoms with E-state index in [1.165, 1.54) is 38.6 Å². The number of rotatable bonds is 6. The summed E-state index contributed by atoms with van der Waals surface area (Å²) in [5.74, 6) is 2.28. The number of hydrogen-bond donors (Lipinski definition) is 1. The monoisotopic (exact) mass is 207 g/mol. The minimum atomic E-state index is 0.728. The zero-order valence-corrected chi connectivity index (χ0v) is 10.1. The van der Waals surface area contributed by atoms with Gasteiger partial charge in [-0.3, -0.25) is 0 Å². The van der Waals surface area contributed by atoms with Gasteiger partial charge in [0.15, 0.2) is 0 Å². The van der Waals surface area contributed by atoms with E-state index in [1.54, 1.807) is 19.3 Å². The van der Waals surface area contributed by atoms with E-state index in [0.29, 0.717) is 0 Å². The van der Waals surface area contributed by atoms with E-state index in [1.807, 2.05) is 0 Å². The number of unbranched alkanes of at least 4 members (excludes halogenated alkanes) is 1. The zero-order chi connectivity index (χ0) is 10.3. The van der Waals surface area contributed by atoms with E-state index in [9.17, 15) is 0 Å². The Bertz CT molecular complexity index is 221. The molecule has 0 aromatic rings. The second-order valence-electron chi connectivity index (χ2n) is 6.42. The van der Waals surface area contributed by atoms with Crippen molar-refractivity contribution in [3.63, 3.8) is 0 Å². The summed E-state index contributed by atoms with van der Waals surface area (Å²) in [7, 11) is 0. The van der Waals surface area contributed by atoms with Gasteiger partial charge in [0.05, 0.1) is 0 Å². The average molecular weight is 207 g/mol. The molecule has 1 N–H and O–H groups in total. The maximum atomic E-state index is 3.79. The van der Waals surface area contributed by atoms with E-state index in [2.05, 4.69) is 12.2 Å². The lowest BCUT2D eigenvalue weighted by atomic mass is 9.78. The van der Waals surface area contributed by atoms with Crippen LogP contribution in [-0.4, -0.2) is 12.6 Å². The number of hydrogen-bond acceptors (Lipinski definition) is 1. The summed E-state index contributed by atoms with van der Waals surface area (Å²) in [5.41, 5.74) is 0.728. The van der Waals surface area contributed by atoms with Crippen LogP contribution in [0.5, 0.6) is 0 Å². The Kier molecular flexibility index (Phi) is 2.54. The molecule has 3 fully saturated rings. The molecule has 15 heavy (non-hydrogen) atoms. The first kappa shape index (κ1) is 10.1. The maximum absolute atomic E-state index is 3.79. The molecule has 3 saturated carbocycles. The summed E-state index contributed by atoms with van der Waals surface area (Å²) in [6, 6.07) is 0.903. The Morgan fingerprint density at radius 2 is 1.93 bits per heavy atom. The molecule has 0 radical (unpaired) electrons. The molecule has 0 bridgehead atoms. The molecule has 86 valence electrons. The largest absolute Gasteiger partial charge is 0.313 e. The van der Waals surface area contributed by atoms with Crippen LogP contribution in [0.1, 0.15) is 58.3 Å². The summed E-state index contributed by atoms with van der Waals surface area (Å²) >= 11 is 0. The molecular weight excluding hydrogens is 182 g/mol. The second-order valence-corrected chi connectivity index (χ2v) is 6.42. The highest BCUT2D eigenvalue weighted by atomic mass is 15.0. The Labute approximate surface area is 94.0 Å². The van der Waals surface area contributed by atoms with Crippen molar-refractivity contribution in [1.29, 1.82) is 0 Å². The third-order valence-corrected chi connectivity index (χ3v) is 4.86. The molecular formula is C14H25N. The molecule has 0 aliphatic heterocycles. The fraction of sp³-hybridized carbons (Fsp3) is 1.00. The van der Waals surface area contributed by atoms with Crippen molar-refractivity contribution < 1.29 is 0 Å². The molecule has 0 saturated heterocycles. The summed E-state index contributed by atoms with van der Waals surface area (Å²) in [6.45, 7) is 3.67. The van der Waals surface area contributed by atoms with E-state index >= 15 is 0 Å². The van der Waals surface area contributed by atoms with Crippen molar-refractivity contribution in [2.24, 2.45) is 17.3 Å². The highest BCUT2D eigenvalue weighted by Crippen LogP contribution is 2.61. The molecule has 0 heterocycles. The molecule has 0 aromatic heterocycles. The number of fused-ring (bicyclic) bond motifs is 1. The summed E-state index contributed by atoms with van der Waals surface area (Å²) < 4.78 is 0. The van der Waals surface area contributed by atoms with Crippen molar-refractivity contribution >= 4 is 0 Å². The van der Waals surface area contributed by atoms with Gasteiger partial charge in [-0.2, -0.15) is 0 Å². The van der Waals surface area contributed by atoms with Gasteiger partial charge in [-0.1, -0.05) is 19.8 Å². The van der Waals surface area contributed by atoms with Crippen LogP contribution in [0.2, 0.25) is 0 Å². The van der Waals surface area contributed by atoms with Crippen molar-refractivity contribution in [1.82, 2.24) is 5.32 Å². The first-order valence-electron chi connectivity index (χ1n) is 7.05. The predicted molar refractivity (Wildman–Crippen MR) is 63.8 cm³/mol. The van der Waals surface area contributed by atoms with Gasteiger partial charge in [0.25, 0.3) is 0 Å². The molecule has 3 aliphatic carbocycles. The second kappa shape index (κ2) is 3.76. The molecule has 2 atom stereocenters. The predicted octanol–water partition coefficient (Wildman–Crippen LogP) is 3.34. The molecule has 1 heteroatoms. The Balaban J connectivity index is 1.54. The van der Waals surface area contributed by atoms with Crippen LogP contribution in [0.3, 0.4) is 0 Å². The Hall–Kier alpha value is -0.0400. The molecule has 2 unspecified atom stereocenters. The molecule has 3 rings (SSSR count). The van der Waals surface area contributed by atoms with Crippen LogP contribution in [-0.2, 0) is 0 Å². The van der Waals surface area contributed by atoms with Gasteiger partial charge in [0.1, 0.15) is 0 Å². The van der Waals surface area contributed by atoms with Gasteiger partial charge in [-0.15, -0.1) is 0 Å². The van der Waals surface area contributed by atoms with Crippen LogP contribution < -0.4 is 5.32 Å². The van der Waals surface area contributed by atoms with Crippen molar-refractivity contribution in [2.45, 2.75) is 64.3 Å². The van der Waals surface area contributed by atoms with Crippen molar-refractivity contribution in [2.75, 3.05) is 6.54 Å². The SMILES string of the molecule is CCCCC1(CNC2CC2)CC2CC2C1. The first-order chi connectivity index (χ1) is 7.31. The zero-order valence-electron chi connectivity index (χ0n) is 10.1. The smallest absolute Gasteiger partial charge is 0.00684 e. The fourth-order valence-corrected chi connectivity index (χ4v) is 3.64. The fourth-order valence-electron chi connectivity index (χ4n) is 3.64. The van der Waals surface area contributed by atoms with Gasteiger partial charge < -0.3 is 5.32 Å². The van der Waals surface area contributed by atoms with Gasteiger partial charge >= 0.3 is 0 Å². The van der Waals surface area contributed by atoms with Gasteiger partial charge in [0.2, 0.25) is 0 Å². The lowest BCUT2D eigenvalue weighted by Gasteiger charge is -2.31. The normalized spacial score (nSPS) is 43.0. The summed E-state index contributed by atoms with van der Waals surface area (Å²) in [6.07, 6.45) is 11.9. The third-order valence-electron chi connectivity index (χ3n) is 4.86. The Morgan fingerprint density at radius 1 is 1.20 bits per heavy atom. The lowest BCUT2D eigenvalue weighted by molar-refractivity contribution is 0.223. The highest BCUT2D eigenvalue weighted by Gasteiger charge is 2.53. The van der Waals surface area contributed by atoms with E-state index in [4.69, 9.17) is 0 Å².